The number of benzene rings is 2. The second kappa shape index (κ2) is 13.7. The number of hydrogen-bond donors (Lipinski definition) is 0. The standard InChI is InChI=1S/C29H33Cl2N5O4/c1-4-5-12-36(29(38)22-8-6-20(30)17-24(22)31)19-28(37)35-15-13-34(14-16-35)27-11-10-25(32-33-27)23-9-7-21(39-2)18-26(23)40-3/h6-11,17-18H,4-5,12-16,19H2,1-3H3. The van der Waals surface area contributed by atoms with Crippen LogP contribution in [-0.2, 0) is 4.79 Å². The summed E-state index contributed by atoms with van der Waals surface area (Å²) in [6.45, 7) is 4.77. The van der Waals surface area contributed by atoms with E-state index in [4.69, 9.17) is 32.7 Å². The van der Waals surface area contributed by atoms with Crippen LogP contribution in [-0.4, -0.2) is 85.3 Å². The van der Waals surface area contributed by atoms with Crippen molar-refractivity contribution in [2.24, 2.45) is 0 Å². The molecule has 0 atom stereocenters. The molecule has 3 aromatic rings. The lowest BCUT2D eigenvalue weighted by molar-refractivity contribution is -0.132. The number of nitrogens with zero attached hydrogens (tertiary/aromatic N) is 5. The second-order valence-electron chi connectivity index (χ2n) is 9.42. The molecule has 1 saturated heterocycles. The molecule has 2 heterocycles. The van der Waals surface area contributed by atoms with E-state index < -0.39 is 0 Å². The molecule has 2 aromatic carbocycles. The van der Waals surface area contributed by atoms with Crippen LogP contribution in [0.25, 0.3) is 11.3 Å². The highest BCUT2D eigenvalue weighted by atomic mass is 35.5. The van der Waals surface area contributed by atoms with Gasteiger partial charge in [0.25, 0.3) is 5.91 Å². The van der Waals surface area contributed by atoms with Crippen LogP contribution in [0.5, 0.6) is 11.5 Å². The molecule has 0 saturated carbocycles. The molecule has 1 fully saturated rings. The first-order valence-corrected chi connectivity index (χ1v) is 13.9. The summed E-state index contributed by atoms with van der Waals surface area (Å²) in [5.74, 6) is 1.72. The summed E-state index contributed by atoms with van der Waals surface area (Å²) in [7, 11) is 3.21. The van der Waals surface area contributed by atoms with Gasteiger partial charge in [-0.3, -0.25) is 9.59 Å². The van der Waals surface area contributed by atoms with Gasteiger partial charge in [-0.15, -0.1) is 10.2 Å². The molecule has 0 bridgehead atoms. The Labute approximate surface area is 244 Å². The van der Waals surface area contributed by atoms with Crippen molar-refractivity contribution in [2.45, 2.75) is 19.8 Å². The van der Waals surface area contributed by atoms with Gasteiger partial charge in [0, 0.05) is 49.4 Å². The number of unbranched alkanes of at least 4 members (excludes halogenated alkanes) is 1. The normalized spacial score (nSPS) is 13.2. The van der Waals surface area contributed by atoms with Crippen LogP contribution in [0.1, 0.15) is 30.1 Å². The maximum atomic E-state index is 13.2. The van der Waals surface area contributed by atoms with E-state index in [-0.39, 0.29) is 23.4 Å². The summed E-state index contributed by atoms with van der Waals surface area (Å²) < 4.78 is 10.8. The number of halogens is 2. The Balaban J connectivity index is 1.37. The predicted molar refractivity (Wildman–Crippen MR) is 157 cm³/mol. The molecule has 1 aliphatic heterocycles. The molecule has 4 rings (SSSR count). The number of carbonyl (C=O) groups excluding carboxylic acids is 2. The average molecular weight is 587 g/mol. The molecular weight excluding hydrogens is 553 g/mol. The van der Waals surface area contributed by atoms with Crippen molar-refractivity contribution in [2.75, 3.05) is 58.4 Å². The van der Waals surface area contributed by atoms with E-state index in [1.165, 1.54) is 6.07 Å². The van der Waals surface area contributed by atoms with Crippen molar-refractivity contribution >= 4 is 40.8 Å². The lowest BCUT2D eigenvalue weighted by Crippen LogP contribution is -2.52. The molecule has 0 spiro atoms. The Hall–Kier alpha value is -3.56. The van der Waals surface area contributed by atoms with Gasteiger partial charge in [-0.05, 0) is 48.9 Å². The molecule has 1 aliphatic rings. The zero-order chi connectivity index (χ0) is 28.6. The van der Waals surface area contributed by atoms with E-state index in [0.29, 0.717) is 60.5 Å². The van der Waals surface area contributed by atoms with Crippen LogP contribution < -0.4 is 14.4 Å². The highest BCUT2D eigenvalue weighted by molar-refractivity contribution is 6.36. The van der Waals surface area contributed by atoms with E-state index in [0.717, 1.165) is 24.2 Å². The third-order valence-electron chi connectivity index (χ3n) is 6.85. The smallest absolute Gasteiger partial charge is 0.255 e. The first-order chi connectivity index (χ1) is 19.3. The molecule has 11 heteroatoms. The highest BCUT2D eigenvalue weighted by Crippen LogP contribution is 2.32. The van der Waals surface area contributed by atoms with Crippen molar-refractivity contribution in [3.63, 3.8) is 0 Å². The van der Waals surface area contributed by atoms with Crippen LogP contribution in [0.4, 0.5) is 5.82 Å². The minimum Gasteiger partial charge on any atom is -0.497 e. The minimum absolute atomic E-state index is 0.00398. The molecule has 9 nitrogen and oxygen atoms in total. The molecule has 1 aromatic heterocycles. The zero-order valence-electron chi connectivity index (χ0n) is 22.9. The van der Waals surface area contributed by atoms with E-state index >= 15 is 0 Å². The molecular formula is C29H33Cl2N5O4. The molecule has 0 N–H and O–H groups in total. The van der Waals surface area contributed by atoms with Crippen LogP contribution in [0, 0.1) is 0 Å². The van der Waals surface area contributed by atoms with Crippen LogP contribution in [0.3, 0.4) is 0 Å². The van der Waals surface area contributed by atoms with Crippen molar-refractivity contribution in [3.8, 4) is 22.8 Å². The van der Waals surface area contributed by atoms with Gasteiger partial charge in [-0.1, -0.05) is 36.5 Å². The second-order valence-corrected chi connectivity index (χ2v) is 10.3. The summed E-state index contributed by atoms with van der Waals surface area (Å²) in [5, 5.41) is 9.58. The lowest BCUT2D eigenvalue weighted by atomic mass is 10.1. The topological polar surface area (TPSA) is 88.1 Å². The summed E-state index contributed by atoms with van der Waals surface area (Å²) in [4.78, 5) is 31.9. The van der Waals surface area contributed by atoms with Crippen molar-refractivity contribution < 1.29 is 19.1 Å². The molecule has 0 radical (unpaired) electrons. The number of carbonyl (C=O) groups is 2. The Morgan fingerprint density at radius 2 is 1.73 bits per heavy atom. The first kappa shape index (κ1) is 29.4. The summed E-state index contributed by atoms with van der Waals surface area (Å²) in [5.41, 5.74) is 1.85. The Morgan fingerprint density at radius 3 is 2.35 bits per heavy atom. The van der Waals surface area contributed by atoms with Gasteiger partial charge in [-0.2, -0.15) is 0 Å². The average Bonchev–Trinajstić information content (AvgIpc) is 2.98. The maximum Gasteiger partial charge on any atom is 0.255 e. The zero-order valence-corrected chi connectivity index (χ0v) is 24.4. The number of anilines is 1. The van der Waals surface area contributed by atoms with Gasteiger partial charge >= 0.3 is 0 Å². The molecule has 40 heavy (non-hydrogen) atoms. The van der Waals surface area contributed by atoms with E-state index in [1.807, 2.05) is 37.3 Å². The largest absolute Gasteiger partial charge is 0.497 e. The number of methoxy groups -OCH3 is 2. The summed E-state index contributed by atoms with van der Waals surface area (Å²) in [6, 6.07) is 14.1. The first-order valence-electron chi connectivity index (χ1n) is 13.2. The SMILES string of the molecule is CCCCN(CC(=O)N1CCN(c2ccc(-c3ccc(OC)cc3OC)nn2)CC1)C(=O)c1ccc(Cl)cc1Cl. The van der Waals surface area contributed by atoms with Crippen LogP contribution in [0.2, 0.25) is 10.0 Å². The predicted octanol–water partition coefficient (Wildman–Crippen LogP) is 5.06. The third kappa shape index (κ3) is 6.95. The monoisotopic (exact) mass is 585 g/mol. The van der Waals surface area contributed by atoms with Crippen molar-refractivity contribution in [1.29, 1.82) is 0 Å². The molecule has 0 aliphatic carbocycles. The Bertz CT molecular complexity index is 1330. The van der Waals surface area contributed by atoms with Gasteiger partial charge in [0.2, 0.25) is 5.91 Å². The fourth-order valence-corrected chi connectivity index (χ4v) is 5.02. The quantitative estimate of drug-likeness (QED) is 0.328. The van der Waals surface area contributed by atoms with Gasteiger partial charge in [0.15, 0.2) is 5.82 Å². The van der Waals surface area contributed by atoms with Gasteiger partial charge in [0.05, 0.1) is 30.5 Å². The Morgan fingerprint density at radius 1 is 0.950 bits per heavy atom. The molecule has 212 valence electrons. The van der Waals surface area contributed by atoms with Crippen molar-refractivity contribution in [3.05, 3.63) is 64.1 Å². The summed E-state index contributed by atoms with van der Waals surface area (Å²) >= 11 is 12.3. The minimum atomic E-state index is -0.272. The maximum absolute atomic E-state index is 13.2. The number of amides is 2. The lowest BCUT2D eigenvalue weighted by Gasteiger charge is -2.36. The molecule has 0 unspecified atom stereocenters. The highest BCUT2D eigenvalue weighted by Gasteiger charge is 2.26. The Kier molecular flexibility index (Phi) is 10.1. The number of ether oxygens (including phenoxy) is 2. The van der Waals surface area contributed by atoms with Gasteiger partial charge in [-0.25, -0.2) is 0 Å². The number of rotatable bonds is 10. The third-order valence-corrected chi connectivity index (χ3v) is 7.40. The van der Waals surface area contributed by atoms with E-state index in [9.17, 15) is 9.59 Å². The fourth-order valence-electron chi connectivity index (χ4n) is 4.53. The van der Waals surface area contributed by atoms with Crippen molar-refractivity contribution in [1.82, 2.24) is 20.0 Å². The van der Waals surface area contributed by atoms with Gasteiger partial charge in [0.1, 0.15) is 18.0 Å². The summed E-state index contributed by atoms with van der Waals surface area (Å²) in [6.07, 6.45) is 1.69. The van der Waals surface area contributed by atoms with E-state index in [2.05, 4.69) is 15.1 Å². The number of piperazine rings is 1. The van der Waals surface area contributed by atoms with Crippen LogP contribution in [0.15, 0.2) is 48.5 Å². The number of hydrogen-bond acceptors (Lipinski definition) is 7. The van der Waals surface area contributed by atoms with Crippen LogP contribution >= 0.6 is 23.2 Å². The molecule has 2 amide bonds. The van der Waals surface area contributed by atoms with E-state index in [1.54, 1.807) is 36.2 Å². The number of aromatic nitrogens is 2. The van der Waals surface area contributed by atoms with Gasteiger partial charge < -0.3 is 24.2 Å². The fraction of sp³-hybridized carbons (Fsp3) is 0.379.